The predicted molar refractivity (Wildman–Crippen MR) is 128 cm³/mol. The molecule has 0 amide bonds. The van der Waals surface area contributed by atoms with Gasteiger partial charge in [-0.1, -0.05) is 0 Å². The maximum atomic E-state index is 10.5. The van der Waals surface area contributed by atoms with Crippen LogP contribution in [-0.4, -0.2) is 63.2 Å². The molecule has 5 heterocycles. The number of methoxy groups -OCH3 is 1. The average molecular weight is 462 g/mol. The number of nitrogens with zero attached hydrogens (tertiary/aromatic N) is 4. The Morgan fingerprint density at radius 3 is 2.73 bits per heavy atom. The normalized spacial score (nSPS) is 20.1. The first-order valence-corrected chi connectivity index (χ1v) is 12.1. The van der Waals surface area contributed by atoms with Gasteiger partial charge in [0.15, 0.2) is 0 Å². The Hall–Kier alpha value is -2.78. The topological polar surface area (TPSA) is 77.5 Å². The number of thiazole rings is 1. The summed E-state index contributed by atoms with van der Waals surface area (Å²) in [5.74, 6) is 0.836. The molecule has 2 N–H and O–H groups in total. The Balaban J connectivity index is 1.39. The van der Waals surface area contributed by atoms with Gasteiger partial charge >= 0.3 is 0 Å². The SMILES string of the molecule is COc1ccc2c3c([nH]c2c1)[C@@H](CO)N(Cc1nccs1)CC31CN(Cc2ccncc2)C1. The highest BCUT2D eigenvalue weighted by atomic mass is 32.1. The van der Waals surface area contributed by atoms with Crippen molar-refractivity contribution < 1.29 is 9.84 Å². The number of aromatic amines is 1. The highest BCUT2D eigenvalue weighted by Crippen LogP contribution is 2.49. The van der Waals surface area contributed by atoms with Gasteiger partial charge in [0.1, 0.15) is 10.8 Å². The van der Waals surface area contributed by atoms with Crippen LogP contribution in [0.15, 0.2) is 54.3 Å². The van der Waals surface area contributed by atoms with Crippen molar-refractivity contribution >= 4 is 22.2 Å². The summed E-state index contributed by atoms with van der Waals surface area (Å²) in [6.07, 6.45) is 5.57. The van der Waals surface area contributed by atoms with E-state index in [2.05, 4.69) is 49.0 Å². The molecule has 170 valence electrons. The van der Waals surface area contributed by atoms with E-state index < -0.39 is 0 Å². The fourth-order valence-electron chi connectivity index (χ4n) is 5.71. The zero-order valence-corrected chi connectivity index (χ0v) is 19.4. The average Bonchev–Trinajstić information content (AvgIpc) is 3.46. The molecule has 33 heavy (non-hydrogen) atoms. The molecule has 0 aliphatic carbocycles. The summed E-state index contributed by atoms with van der Waals surface area (Å²) < 4.78 is 5.47. The third-order valence-electron chi connectivity index (χ3n) is 7.05. The number of aromatic nitrogens is 3. The maximum Gasteiger partial charge on any atom is 0.120 e. The van der Waals surface area contributed by atoms with E-state index >= 15 is 0 Å². The van der Waals surface area contributed by atoms with Crippen LogP contribution in [-0.2, 0) is 18.5 Å². The quantitative estimate of drug-likeness (QED) is 0.459. The van der Waals surface area contributed by atoms with Gasteiger partial charge in [-0.2, -0.15) is 0 Å². The highest BCUT2D eigenvalue weighted by Gasteiger charge is 2.52. The van der Waals surface area contributed by atoms with Crippen LogP contribution in [0.3, 0.4) is 0 Å². The van der Waals surface area contributed by atoms with Crippen molar-refractivity contribution in [2.75, 3.05) is 33.4 Å². The van der Waals surface area contributed by atoms with Gasteiger partial charge in [-0.3, -0.25) is 14.8 Å². The van der Waals surface area contributed by atoms with Crippen LogP contribution < -0.4 is 4.74 Å². The second kappa shape index (κ2) is 8.22. The van der Waals surface area contributed by atoms with E-state index in [1.165, 1.54) is 16.5 Å². The van der Waals surface area contributed by atoms with Crippen molar-refractivity contribution in [2.24, 2.45) is 0 Å². The lowest BCUT2D eigenvalue weighted by molar-refractivity contribution is -0.0119. The second-order valence-electron chi connectivity index (χ2n) is 9.14. The molecule has 1 fully saturated rings. The van der Waals surface area contributed by atoms with Crippen LogP contribution in [0.2, 0.25) is 0 Å². The number of likely N-dealkylation sites (tertiary alicyclic amines) is 1. The zero-order valence-electron chi connectivity index (χ0n) is 18.6. The molecule has 0 radical (unpaired) electrons. The molecule has 0 bridgehead atoms. The smallest absolute Gasteiger partial charge is 0.120 e. The van der Waals surface area contributed by atoms with Gasteiger partial charge in [-0.25, -0.2) is 4.98 Å². The number of benzene rings is 1. The third-order valence-corrected chi connectivity index (χ3v) is 7.81. The molecular weight excluding hydrogens is 434 g/mol. The lowest BCUT2D eigenvalue weighted by Crippen LogP contribution is -2.65. The summed E-state index contributed by atoms with van der Waals surface area (Å²) in [4.78, 5) is 17.2. The predicted octanol–water partition coefficient (Wildman–Crippen LogP) is 3.33. The van der Waals surface area contributed by atoms with Crippen molar-refractivity contribution in [3.8, 4) is 5.75 Å². The Morgan fingerprint density at radius 1 is 1.15 bits per heavy atom. The summed E-state index contributed by atoms with van der Waals surface area (Å²) >= 11 is 1.67. The van der Waals surface area contributed by atoms with Crippen molar-refractivity contribution in [3.63, 3.8) is 0 Å². The molecule has 1 spiro atoms. The number of rotatable bonds is 6. The standard InChI is InChI=1S/C25H27N5O2S/c1-32-18-2-3-19-20(10-18)28-24-21(13-31)30(12-22-27-8-9-33-22)16-25(23(19)24)14-29(15-25)11-17-4-6-26-7-5-17/h2-10,21,28,31H,11-16H2,1H3/t21-/m1/s1. The first kappa shape index (κ1) is 20.8. The number of aliphatic hydroxyl groups excluding tert-OH is 1. The van der Waals surface area contributed by atoms with Crippen LogP contribution in [0.5, 0.6) is 5.75 Å². The van der Waals surface area contributed by atoms with Crippen LogP contribution in [0.1, 0.15) is 27.9 Å². The Kier molecular flexibility index (Phi) is 5.18. The number of ether oxygens (including phenoxy) is 1. The molecule has 8 heteroatoms. The summed E-state index contributed by atoms with van der Waals surface area (Å²) in [6, 6.07) is 10.4. The molecule has 1 aromatic carbocycles. The lowest BCUT2D eigenvalue weighted by Gasteiger charge is -2.56. The van der Waals surface area contributed by atoms with Crippen molar-refractivity contribution in [1.29, 1.82) is 0 Å². The van der Waals surface area contributed by atoms with E-state index in [0.29, 0.717) is 0 Å². The van der Waals surface area contributed by atoms with Crippen LogP contribution in [0, 0.1) is 0 Å². The van der Waals surface area contributed by atoms with Crippen LogP contribution in [0.25, 0.3) is 10.9 Å². The first-order chi connectivity index (χ1) is 16.2. The maximum absolute atomic E-state index is 10.5. The number of hydrogen-bond donors (Lipinski definition) is 2. The largest absolute Gasteiger partial charge is 0.497 e. The van der Waals surface area contributed by atoms with Gasteiger partial charge in [0.2, 0.25) is 0 Å². The third kappa shape index (κ3) is 3.54. The van der Waals surface area contributed by atoms with E-state index in [1.807, 2.05) is 30.0 Å². The molecule has 6 rings (SSSR count). The number of hydrogen-bond acceptors (Lipinski definition) is 7. The van der Waals surface area contributed by atoms with Gasteiger partial charge in [-0.05, 0) is 35.4 Å². The number of H-pyrrole nitrogens is 1. The molecule has 1 atom stereocenters. The second-order valence-corrected chi connectivity index (χ2v) is 10.1. The van der Waals surface area contributed by atoms with E-state index in [0.717, 1.165) is 54.7 Å². The molecular formula is C25H27N5O2S. The van der Waals surface area contributed by atoms with Gasteiger partial charge in [0.25, 0.3) is 0 Å². The van der Waals surface area contributed by atoms with Crippen molar-refractivity contribution in [2.45, 2.75) is 24.5 Å². The molecule has 3 aromatic heterocycles. The van der Waals surface area contributed by atoms with E-state index in [1.54, 1.807) is 18.4 Å². The zero-order chi connectivity index (χ0) is 22.4. The van der Waals surface area contributed by atoms with Gasteiger partial charge < -0.3 is 14.8 Å². The molecule has 7 nitrogen and oxygen atoms in total. The summed E-state index contributed by atoms with van der Waals surface area (Å²) in [6.45, 7) is 4.59. The number of fused-ring (bicyclic) bond motifs is 4. The fraction of sp³-hybridized carbons (Fsp3) is 0.360. The van der Waals surface area contributed by atoms with Gasteiger partial charge in [-0.15, -0.1) is 11.3 Å². The monoisotopic (exact) mass is 461 g/mol. The van der Waals surface area contributed by atoms with Crippen molar-refractivity contribution in [3.05, 3.63) is 76.1 Å². The highest BCUT2D eigenvalue weighted by molar-refractivity contribution is 7.09. The number of aliphatic hydroxyl groups is 1. The fourth-order valence-corrected chi connectivity index (χ4v) is 6.35. The Morgan fingerprint density at radius 2 is 2.00 bits per heavy atom. The minimum absolute atomic E-state index is 0.0120. The minimum Gasteiger partial charge on any atom is -0.497 e. The van der Waals surface area contributed by atoms with Gasteiger partial charge in [0.05, 0.1) is 26.3 Å². The first-order valence-electron chi connectivity index (χ1n) is 11.2. The van der Waals surface area contributed by atoms with E-state index in [9.17, 15) is 5.11 Å². The van der Waals surface area contributed by atoms with Gasteiger partial charge in [0, 0.05) is 78.2 Å². The molecule has 0 unspecified atom stereocenters. The molecule has 4 aromatic rings. The number of pyridine rings is 1. The molecule has 2 aliphatic heterocycles. The van der Waals surface area contributed by atoms with Crippen LogP contribution >= 0.6 is 11.3 Å². The van der Waals surface area contributed by atoms with E-state index in [-0.39, 0.29) is 18.1 Å². The Bertz CT molecular complexity index is 1250. The van der Waals surface area contributed by atoms with E-state index in [4.69, 9.17) is 4.74 Å². The number of nitrogens with one attached hydrogen (secondary N) is 1. The Labute approximate surface area is 196 Å². The molecule has 0 saturated carbocycles. The molecule has 1 saturated heterocycles. The summed E-state index contributed by atoms with van der Waals surface area (Å²) in [5.41, 5.74) is 4.86. The summed E-state index contributed by atoms with van der Waals surface area (Å²) in [7, 11) is 1.70. The molecule has 2 aliphatic rings. The van der Waals surface area contributed by atoms with Crippen LogP contribution in [0.4, 0.5) is 0 Å². The lowest BCUT2D eigenvalue weighted by atomic mass is 9.68. The van der Waals surface area contributed by atoms with Crippen molar-refractivity contribution in [1.82, 2.24) is 24.8 Å². The summed E-state index contributed by atoms with van der Waals surface area (Å²) in [5, 5.41) is 14.8. The minimum atomic E-state index is -0.0813.